The second kappa shape index (κ2) is 9.18. The summed E-state index contributed by atoms with van der Waals surface area (Å²) >= 11 is 1.76. The molecule has 5 heteroatoms. The fraction of sp³-hybridized carbons (Fsp3) is 0.611. The molecule has 1 aromatic carbocycles. The van der Waals surface area contributed by atoms with Crippen molar-refractivity contribution >= 4 is 17.8 Å². The lowest BCUT2D eigenvalue weighted by atomic mass is 9.87. The topological polar surface area (TPSA) is 52.6 Å². The molecule has 0 aromatic heterocycles. The number of urea groups is 1. The fourth-order valence-corrected chi connectivity index (χ4v) is 3.79. The second-order valence-corrected chi connectivity index (χ2v) is 7.10. The molecule has 0 radical (unpaired) electrons. The van der Waals surface area contributed by atoms with E-state index in [1.54, 1.807) is 11.8 Å². The van der Waals surface area contributed by atoms with Crippen LogP contribution in [0.2, 0.25) is 0 Å². The summed E-state index contributed by atoms with van der Waals surface area (Å²) in [5.74, 6) is 1.18. The molecule has 2 N–H and O–H groups in total. The van der Waals surface area contributed by atoms with Crippen LogP contribution in [0.25, 0.3) is 0 Å². The first-order chi connectivity index (χ1) is 11.2. The Morgan fingerprint density at radius 3 is 2.57 bits per heavy atom. The van der Waals surface area contributed by atoms with E-state index in [4.69, 9.17) is 0 Å². The molecule has 23 heavy (non-hydrogen) atoms. The summed E-state index contributed by atoms with van der Waals surface area (Å²) < 4.78 is 0. The molecule has 128 valence electrons. The Morgan fingerprint density at radius 1 is 1.35 bits per heavy atom. The van der Waals surface area contributed by atoms with Crippen LogP contribution in [0.5, 0.6) is 0 Å². The summed E-state index contributed by atoms with van der Waals surface area (Å²) in [5, 5.41) is 13.6. The zero-order valence-electron chi connectivity index (χ0n) is 14.1. The zero-order chi connectivity index (χ0) is 16.7. The Morgan fingerprint density at radius 2 is 2.00 bits per heavy atom. The molecular formula is C18H28N2O2S. The number of nitrogens with zero attached hydrogens (tertiary/aromatic N) is 1. The maximum atomic E-state index is 12.3. The van der Waals surface area contributed by atoms with E-state index in [2.05, 4.69) is 18.5 Å². The smallest absolute Gasteiger partial charge is 0.317 e. The van der Waals surface area contributed by atoms with Crippen molar-refractivity contribution < 1.29 is 9.90 Å². The van der Waals surface area contributed by atoms with Gasteiger partial charge >= 0.3 is 6.03 Å². The number of likely N-dealkylation sites (tertiary alicyclic amines) is 1. The van der Waals surface area contributed by atoms with Crippen molar-refractivity contribution in [1.82, 2.24) is 10.2 Å². The minimum atomic E-state index is -0.429. The van der Waals surface area contributed by atoms with Crippen LogP contribution in [-0.4, -0.2) is 47.2 Å². The summed E-state index contributed by atoms with van der Waals surface area (Å²) in [6.07, 6.45) is 4.29. The number of rotatable bonds is 6. The molecule has 1 aliphatic rings. The Bertz CT molecular complexity index is 475. The van der Waals surface area contributed by atoms with E-state index in [-0.39, 0.29) is 18.0 Å². The lowest BCUT2D eigenvalue weighted by molar-refractivity contribution is 0.0662. The lowest BCUT2D eigenvalue weighted by Gasteiger charge is -2.35. The highest BCUT2D eigenvalue weighted by Gasteiger charge is 2.28. The predicted molar refractivity (Wildman–Crippen MR) is 96.7 cm³/mol. The van der Waals surface area contributed by atoms with Gasteiger partial charge in [0.05, 0.1) is 6.10 Å². The molecule has 1 aliphatic heterocycles. The quantitative estimate of drug-likeness (QED) is 0.838. The number of thioether (sulfide) groups is 1. The molecule has 1 fully saturated rings. The number of nitrogens with one attached hydrogen (secondary N) is 1. The Kier molecular flexibility index (Phi) is 7.24. The van der Waals surface area contributed by atoms with Gasteiger partial charge in [0.2, 0.25) is 0 Å². The molecule has 0 bridgehead atoms. The first kappa shape index (κ1) is 18.1. The Balaban J connectivity index is 1.82. The number of hydrogen-bond acceptors (Lipinski definition) is 3. The number of carbonyl (C=O) groups excluding carboxylic acids is 1. The maximum absolute atomic E-state index is 12.3. The highest BCUT2D eigenvalue weighted by molar-refractivity contribution is 7.98. The van der Waals surface area contributed by atoms with Crippen molar-refractivity contribution in [2.45, 2.75) is 38.3 Å². The summed E-state index contributed by atoms with van der Waals surface area (Å²) in [6, 6.07) is 10.1. The molecule has 1 heterocycles. The number of benzene rings is 1. The van der Waals surface area contributed by atoms with E-state index in [0.29, 0.717) is 0 Å². The average molecular weight is 337 g/mol. The van der Waals surface area contributed by atoms with Crippen molar-refractivity contribution in [2.24, 2.45) is 5.92 Å². The maximum Gasteiger partial charge on any atom is 0.317 e. The van der Waals surface area contributed by atoms with Crippen LogP contribution in [0.1, 0.15) is 37.9 Å². The first-order valence-electron chi connectivity index (χ1n) is 8.43. The third kappa shape index (κ3) is 5.15. The van der Waals surface area contributed by atoms with E-state index < -0.39 is 6.10 Å². The normalized spacial score (nSPS) is 18.5. The molecule has 2 atom stereocenters. The summed E-state index contributed by atoms with van der Waals surface area (Å²) in [4.78, 5) is 14.2. The number of aliphatic hydroxyl groups is 1. The molecule has 1 aromatic rings. The molecular weight excluding hydrogens is 308 g/mol. The van der Waals surface area contributed by atoms with Crippen LogP contribution in [0.4, 0.5) is 4.79 Å². The van der Waals surface area contributed by atoms with Crippen LogP contribution >= 0.6 is 11.8 Å². The average Bonchev–Trinajstić information content (AvgIpc) is 2.61. The van der Waals surface area contributed by atoms with Gasteiger partial charge in [-0.05, 0) is 37.0 Å². The summed E-state index contributed by atoms with van der Waals surface area (Å²) in [7, 11) is 0. The highest BCUT2D eigenvalue weighted by Crippen LogP contribution is 2.30. The van der Waals surface area contributed by atoms with E-state index in [1.807, 2.05) is 35.2 Å². The number of amides is 2. The zero-order valence-corrected chi connectivity index (χ0v) is 14.9. The van der Waals surface area contributed by atoms with Gasteiger partial charge in [-0.3, -0.25) is 0 Å². The molecule has 0 spiro atoms. The van der Waals surface area contributed by atoms with Gasteiger partial charge in [-0.25, -0.2) is 4.79 Å². The Labute approximate surface area is 143 Å². The number of carbonyl (C=O) groups is 1. The molecule has 4 nitrogen and oxygen atoms in total. The lowest BCUT2D eigenvalue weighted by Crippen LogP contribution is -2.48. The van der Waals surface area contributed by atoms with Crippen molar-refractivity contribution in [3.05, 3.63) is 35.9 Å². The highest BCUT2D eigenvalue weighted by atomic mass is 32.2. The van der Waals surface area contributed by atoms with Gasteiger partial charge in [0.1, 0.15) is 0 Å². The molecule has 0 saturated carbocycles. The minimum absolute atomic E-state index is 0.0403. The second-order valence-electron chi connectivity index (χ2n) is 6.19. The van der Waals surface area contributed by atoms with Gasteiger partial charge in [0, 0.05) is 24.9 Å². The van der Waals surface area contributed by atoms with E-state index >= 15 is 0 Å². The summed E-state index contributed by atoms with van der Waals surface area (Å²) in [6.45, 7) is 3.54. The van der Waals surface area contributed by atoms with Gasteiger partial charge in [0.15, 0.2) is 0 Å². The summed E-state index contributed by atoms with van der Waals surface area (Å²) in [5.41, 5.74) is 0.974. The van der Waals surface area contributed by atoms with Gasteiger partial charge in [-0.2, -0.15) is 11.8 Å². The van der Waals surface area contributed by atoms with E-state index in [0.717, 1.165) is 43.7 Å². The molecule has 2 rings (SSSR count). The van der Waals surface area contributed by atoms with Gasteiger partial charge < -0.3 is 15.3 Å². The van der Waals surface area contributed by atoms with Crippen LogP contribution in [0, 0.1) is 5.92 Å². The van der Waals surface area contributed by atoms with Gasteiger partial charge in [-0.1, -0.05) is 37.3 Å². The third-order valence-electron chi connectivity index (χ3n) is 4.60. The van der Waals surface area contributed by atoms with Crippen molar-refractivity contribution in [3.8, 4) is 0 Å². The SMILES string of the molecule is CCC(CSC)NC(=O)N1CCC(C(O)c2ccccc2)CC1. The van der Waals surface area contributed by atoms with Crippen molar-refractivity contribution in [2.75, 3.05) is 25.1 Å². The van der Waals surface area contributed by atoms with Crippen molar-refractivity contribution in [3.63, 3.8) is 0 Å². The first-order valence-corrected chi connectivity index (χ1v) is 9.82. The van der Waals surface area contributed by atoms with Crippen LogP contribution in [-0.2, 0) is 0 Å². The van der Waals surface area contributed by atoms with E-state index in [1.165, 1.54) is 0 Å². The number of piperidine rings is 1. The van der Waals surface area contributed by atoms with E-state index in [9.17, 15) is 9.90 Å². The van der Waals surface area contributed by atoms with Crippen LogP contribution < -0.4 is 5.32 Å². The monoisotopic (exact) mass is 336 g/mol. The van der Waals surface area contributed by atoms with Gasteiger partial charge in [-0.15, -0.1) is 0 Å². The third-order valence-corrected chi connectivity index (χ3v) is 5.34. The number of hydrogen-bond donors (Lipinski definition) is 2. The Hall–Kier alpha value is -1.20. The van der Waals surface area contributed by atoms with Crippen LogP contribution in [0.15, 0.2) is 30.3 Å². The fourth-order valence-electron chi connectivity index (χ4n) is 3.07. The molecule has 2 unspecified atom stereocenters. The molecule has 1 saturated heterocycles. The van der Waals surface area contributed by atoms with Gasteiger partial charge in [0.25, 0.3) is 0 Å². The molecule has 0 aliphatic carbocycles. The largest absolute Gasteiger partial charge is 0.388 e. The molecule has 2 amide bonds. The number of aliphatic hydroxyl groups excluding tert-OH is 1. The standard InChI is InChI=1S/C18H28N2O2S/c1-3-16(13-23-2)19-18(22)20-11-9-15(10-12-20)17(21)14-7-5-4-6-8-14/h4-8,15-17,21H,3,9-13H2,1-2H3,(H,19,22). The predicted octanol–water partition coefficient (Wildman–Crippen LogP) is 3.28. The van der Waals surface area contributed by atoms with Crippen molar-refractivity contribution in [1.29, 1.82) is 0 Å². The van der Waals surface area contributed by atoms with Crippen LogP contribution in [0.3, 0.4) is 0 Å². The minimum Gasteiger partial charge on any atom is -0.388 e.